The van der Waals surface area contributed by atoms with Gasteiger partial charge in [-0.2, -0.15) is 0 Å². The Balaban J connectivity index is 1.92. The van der Waals surface area contributed by atoms with Crippen molar-refractivity contribution in [2.75, 3.05) is 11.6 Å². The number of benzene rings is 2. The molecule has 1 aliphatic carbocycles. The Kier molecular flexibility index (Phi) is 4.71. The second-order valence-electron chi connectivity index (χ2n) is 5.96. The Morgan fingerprint density at radius 3 is 2.57 bits per heavy atom. The average Bonchev–Trinajstić information content (AvgIpc) is 3.06. The van der Waals surface area contributed by atoms with Crippen molar-refractivity contribution in [2.24, 2.45) is 0 Å². The van der Waals surface area contributed by atoms with Crippen LogP contribution >= 0.6 is 11.8 Å². The van der Waals surface area contributed by atoms with Gasteiger partial charge in [-0.3, -0.25) is 4.79 Å². The van der Waals surface area contributed by atoms with E-state index in [1.165, 1.54) is 6.07 Å². The molecule has 2 aromatic carbocycles. The van der Waals surface area contributed by atoms with Crippen LogP contribution in [0.5, 0.6) is 0 Å². The first-order valence-corrected chi connectivity index (χ1v) is 9.09. The summed E-state index contributed by atoms with van der Waals surface area (Å²) in [6.07, 6.45) is 5.29. The highest BCUT2D eigenvalue weighted by Gasteiger charge is 2.44. The molecule has 0 unspecified atom stereocenters. The molecule has 0 aliphatic heterocycles. The van der Waals surface area contributed by atoms with Gasteiger partial charge in [0.05, 0.1) is 5.41 Å². The molecular weight excluding hydrogens is 309 g/mol. The van der Waals surface area contributed by atoms with E-state index in [9.17, 15) is 9.18 Å². The van der Waals surface area contributed by atoms with Crippen molar-refractivity contribution in [1.29, 1.82) is 0 Å². The number of amides is 1. The van der Waals surface area contributed by atoms with Gasteiger partial charge in [0.25, 0.3) is 0 Å². The Hall–Kier alpha value is -1.81. The molecule has 0 saturated heterocycles. The highest BCUT2D eigenvalue weighted by atomic mass is 32.2. The first-order chi connectivity index (χ1) is 11.2. The molecule has 0 heterocycles. The Labute approximate surface area is 140 Å². The number of anilines is 1. The predicted octanol–water partition coefficient (Wildman–Crippen LogP) is 5.00. The van der Waals surface area contributed by atoms with Crippen LogP contribution in [-0.4, -0.2) is 12.2 Å². The van der Waals surface area contributed by atoms with E-state index in [2.05, 4.69) is 5.32 Å². The van der Waals surface area contributed by atoms with Gasteiger partial charge < -0.3 is 5.32 Å². The van der Waals surface area contributed by atoms with Crippen molar-refractivity contribution in [2.45, 2.75) is 36.0 Å². The van der Waals surface area contributed by atoms with Crippen LogP contribution in [0.1, 0.15) is 31.2 Å². The van der Waals surface area contributed by atoms with Crippen molar-refractivity contribution >= 4 is 23.4 Å². The molecule has 0 aromatic heterocycles. The molecule has 1 saturated carbocycles. The van der Waals surface area contributed by atoms with E-state index in [0.29, 0.717) is 18.4 Å². The summed E-state index contributed by atoms with van der Waals surface area (Å²) in [5, 5.41) is 3.01. The quantitative estimate of drug-likeness (QED) is 0.800. The van der Waals surface area contributed by atoms with Gasteiger partial charge in [-0.25, -0.2) is 4.39 Å². The van der Waals surface area contributed by atoms with Crippen molar-refractivity contribution < 1.29 is 9.18 Å². The summed E-state index contributed by atoms with van der Waals surface area (Å²) in [6.45, 7) is 0. The monoisotopic (exact) mass is 329 g/mol. The first kappa shape index (κ1) is 16.1. The minimum absolute atomic E-state index is 0.0987. The molecule has 2 aromatic rings. The topological polar surface area (TPSA) is 29.1 Å². The van der Waals surface area contributed by atoms with Crippen LogP contribution in [0.25, 0.3) is 0 Å². The van der Waals surface area contributed by atoms with Crippen molar-refractivity contribution in [3.05, 3.63) is 59.9 Å². The lowest BCUT2D eigenvalue weighted by Gasteiger charge is -2.28. The third-order valence-corrected chi connectivity index (χ3v) is 5.33. The zero-order chi connectivity index (χ0) is 16.3. The number of carbonyl (C=O) groups is 1. The van der Waals surface area contributed by atoms with Crippen LogP contribution in [0.15, 0.2) is 53.4 Å². The summed E-state index contributed by atoms with van der Waals surface area (Å²) in [4.78, 5) is 14.1. The molecule has 3 rings (SSSR count). The molecule has 1 amide bonds. The lowest BCUT2D eigenvalue weighted by molar-refractivity contribution is -0.121. The summed E-state index contributed by atoms with van der Waals surface area (Å²) in [5.41, 5.74) is 0.543. The maximum atomic E-state index is 14.3. The van der Waals surface area contributed by atoms with E-state index in [1.807, 2.05) is 30.5 Å². The highest BCUT2D eigenvalue weighted by molar-refractivity contribution is 7.98. The average molecular weight is 329 g/mol. The summed E-state index contributed by atoms with van der Waals surface area (Å²) in [6, 6.07) is 14.4. The maximum absolute atomic E-state index is 14.3. The third kappa shape index (κ3) is 3.13. The SMILES string of the molecule is CSc1cccc(NC(=O)C2(c3ccccc3F)CCCC2)c1. The Bertz CT molecular complexity index is 710. The highest BCUT2D eigenvalue weighted by Crippen LogP contribution is 2.43. The summed E-state index contributed by atoms with van der Waals surface area (Å²) in [7, 11) is 0. The fourth-order valence-corrected chi connectivity index (χ4v) is 3.86. The molecule has 4 heteroatoms. The van der Waals surface area contributed by atoms with E-state index in [0.717, 1.165) is 23.4 Å². The zero-order valence-electron chi connectivity index (χ0n) is 13.1. The Morgan fingerprint density at radius 2 is 1.87 bits per heavy atom. The van der Waals surface area contributed by atoms with Crippen molar-refractivity contribution in [3.63, 3.8) is 0 Å². The molecule has 0 spiro atoms. The van der Waals surface area contributed by atoms with E-state index in [4.69, 9.17) is 0 Å². The lowest BCUT2D eigenvalue weighted by Crippen LogP contribution is -2.38. The molecule has 120 valence electrons. The maximum Gasteiger partial charge on any atom is 0.235 e. The number of hydrogen-bond acceptors (Lipinski definition) is 2. The van der Waals surface area contributed by atoms with E-state index in [-0.39, 0.29) is 11.7 Å². The van der Waals surface area contributed by atoms with Gasteiger partial charge in [0, 0.05) is 16.1 Å². The van der Waals surface area contributed by atoms with Crippen molar-refractivity contribution in [1.82, 2.24) is 0 Å². The fourth-order valence-electron chi connectivity index (χ4n) is 3.40. The number of rotatable bonds is 4. The van der Waals surface area contributed by atoms with Gasteiger partial charge in [0.2, 0.25) is 5.91 Å². The standard InChI is InChI=1S/C19H20FNOS/c1-23-15-8-6-7-14(13-15)21-18(22)19(11-4-5-12-19)16-9-2-3-10-17(16)20/h2-3,6-10,13H,4-5,11-12H2,1H3,(H,21,22). The largest absolute Gasteiger partial charge is 0.325 e. The van der Waals surface area contributed by atoms with Gasteiger partial charge in [-0.05, 0) is 43.4 Å². The smallest absolute Gasteiger partial charge is 0.235 e. The third-order valence-electron chi connectivity index (χ3n) is 4.61. The minimum Gasteiger partial charge on any atom is -0.325 e. The summed E-state index contributed by atoms with van der Waals surface area (Å²) in [5.74, 6) is -0.388. The molecule has 1 N–H and O–H groups in total. The number of thioether (sulfide) groups is 1. The van der Waals surface area contributed by atoms with E-state index in [1.54, 1.807) is 30.0 Å². The molecular formula is C19H20FNOS. The lowest BCUT2D eigenvalue weighted by atomic mass is 9.77. The van der Waals surface area contributed by atoms with Crippen LogP contribution < -0.4 is 5.32 Å². The predicted molar refractivity (Wildman–Crippen MR) is 93.4 cm³/mol. The van der Waals surface area contributed by atoms with Gasteiger partial charge >= 0.3 is 0 Å². The van der Waals surface area contributed by atoms with Crippen LogP contribution in [0.2, 0.25) is 0 Å². The summed E-state index contributed by atoms with van der Waals surface area (Å²) < 4.78 is 14.3. The Morgan fingerprint density at radius 1 is 1.13 bits per heavy atom. The molecule has 0 radical (unpaired) electrons. The van der Waals surface area contributed by atoms with E-state index >= 15 is 0 Å². The molecule has 0 bridgehead atoms. The fraction of sp³-hybridized carbons (Fsp3) is 0.316. The van der Waals surface area contributed by atoms with Crippen LogP contribution in [0.4, 0.5) is 10.1 Å². The number of nitrogens with one attached hydrogen (secondary N) is 1. The van der Waals surface area contributed by atoms with Gasteiger partial charge in [-0.15, -0.1) is 11.8 Å². The molecule has 1 aliphatic rings. The van der Waals surface area contributed by atoms with Crippen LogP contribution in [0, 0.1) is 5.82 Å². The number of hydrogen-bond donors (Lipinski definition) is 1. The van der Waals surface area contributed by atoms with Crippen LogP contribution in [-0.2, 0) is 10.2 Å². The number of carbonyl (C=O) groups excluding carboxylic acids is 1. The van der Waals surface area contributed by atoms with Gasteiger partial charge in [-0.1, -0.05) is 37.1 Å². The van der Waals surface area contributed by atoms with Gasteiger partial charge in [0.1, 0.15) is 5.82 Å². The van der Waals surface area contributed by atoms with E-state index < -0.39 is 5.41 Å². The summed E-state index contributed by atoms with van der Waals surface area (Å²) >= 11 is 1.63. The minimum atomic E-state index is -0.749. The first-order valence-electron chi connectivity index (χ1n) is 7.86. The normalized spacial score (nSPS) is 16.3. The molecule has 2 nitrogen and oxygen atoms in total. The molecule has 0 atom stereocenters. The second-order valence-corrected chi connectivity index (χ2v) is 6.83. The molecule has 23 heavy (non-hydrogen) atoms. The second kappa shape index (κ2) is 6.75. The number of halogens is 1. The van der Waals surface area contributed by atoms with Crippen molar-refractivity contribution in [3.8, 4) is 0 Å². The van der Waals surface area contributed by atoms with Gasteiger partial charge in [0.15, 0.2) is 0 Å². The molecule has 1 fully saturated rings. The zero-order valence-corrected chi connectivity index (χ0v) is 14.0. The van der Waals surface area contributed by atoms with Crippen LogP contribution in [0.3, 0.4) is 0 Å².